The summed E-state index contributed by atoms with van der Waals surface area (Å²) in [7, 11) is 0. The summed E-state index contributed by atoms with van der Waals surface area (Å²) in [6.07, 6.45) is 0. The fourth-order valence-electron chi connectivity index (χ4n) is 2.37. The molecular formula is C15H14BrN3. The number of nitrogens with zero attached hydrogens (tertiary/aromatic N) is 2. The molecule has 0 saturated carbocycles. The second-order valence-electron chi connectivity index (χ2n) is 4.48. The minimum Gasteiger partial charge on any atom is -0.369 e. The summed E-state index contributed by atoms with van der Waals surface area (Å²) < 4.78 is 1.04. The van der Waals surface area contributed by atoms with Gasteiger partial charge in [0.25, 0.3) is 0 Å². The zero-order chi connectivity index (χ0) is 13.2. The summed E-state index contributed by atoms with van der Waals surface area (Å²) in [5, 5.41) is 0. The number of hydrogen-bond acceptors (Lipinski definition) is 3. The molecule has 2 aromatic carbocycles. The van der Waals surface area contributed by atoms with Crippen molar-refractivity contribution in [2.75, 3.05) is 11.4 Å². The van der Waals surface area contributed by atoms with Crippen LogP contribution in [0.15, 0.2) is 64.1 Å². The zero-order valence-corrected chi connectivity index (χ0v) is 11.9. The van der Waals surface area contributed by atoms with Gasteiger partial charge in [-0.3, -0.25) is 4.99 Å². The SMILES string of the molecule is NC1=NCC(c2ccccc2)N1c1cccc(Br)c1. The van der Waals surface area contributed by atoms with Crippen LogP contribution in [-0.4, -0.2) is 12.5 Å². The predicted molar refractivity (Wildman–Crippen MR) is 82.3 cm³/mol. The van der Waals surface area contributed by atoms with Gasteiger partial charge in [-0.2, -0.15) is 0 Å². The molecule has 0 radical (unpaired) electrons. The number of aliphatic imine (C=N–C) groups is 1. The van der Waals surface area contributed by atoms with Crippen LogP contribution in [0.4, 0.5) is 5.69 Å². The first kappa shape index (κ1) is 12.2. The van der Waals surface area contributed by atoms with Crippen LogP contribution in [-0.2, 0) is 0 Å². The second-order valence-corrected chi connectivity index (χ2v) is 5.39. The molecular weight excluding hydrogens is 302 g/mol. The van der Waals surface area contributed by atoms with Crippen LogP contribution in [0.2, 0.25) is 0 Å². The molecule has 3 nitrogen and oxygen atoms in total. The van der Waals surface area contributed by atoms with E-state index >= 15 is 0 Å². The first-order valence-corrected chi connectivity index (χ1v) is 6.94. The Morgan fingerprint density at radius 2 is 1.89 bits per heavy atom. The van der Waals surface area contributed by atoms with E-state index in [0.717, 1.165) is 10.2 Å². The van der Waals surface area contributed by atoms with Crippen molar-refractivity contribution in [1.82, 2.24) is 0 Å². The molecule has 0 aliphatic carbocycles. The molecule has 96 valence electrons. The summed E-state index contributed by atoms with van der Waals surface area (Å²) in [6, 6.07) is 18.6. The van der Waals surface area contributed by atoms with E-state index in [-0.39, 0.29) is 6.04 Å². The van der Waals surface area contributed by atoms with E-state index in [0.29, 0.717) is 12.5 Å². The average Bonchev–Trinajstić information content (AvgIpc) is 2.82. The number of nitrogens with two attached hydrogens (primary N) is 1. The minimum absolute atomic E-state index is 0.176. The molecule has 0 spiro atoms. The lowest BCUT2D eigenvalue weighted by Crippen LogP contribution is -2.36. The van der Waals surface area contributed by atoms with Gasteiger partial charge >= 0.3 is 0 Å². The molecule has 1 aliphatic rings. The molecule has 1 aliphatic heterocycles. The molecule has 1 atom stereocenters. The standard InChI is InChI=1S/C15H14BrN3/c16-12-7-4-8-13(9-12)19-14(10-18-15(19)17)11-5-2-1-3-6-11/h1-9,14H,10H2,(H2,17,18). The number of benzene rings is 2. The Bertz CT molecular complexity index is 610. The summed E-state index contributed by atoms with van der Waals surface area (Å²) in [4.78, 5) is 6.47. The molecule has 19 heavy (non-hydrogen) atoms. The van der Waals surface area contributed by atoms with Crippen LogP contribution in [0.3, 0.4) is 0 Å². The van der Waals surface area contributed by atoms with E-state index in [1.54, 1.807) is 0 Å². The Hall–Kier alpha value is -1.81. The topological polar surface area (TPSA) is 41.6 Å². The second kappa shape index (κ2) is 5.05. The third-order valence-corrected chi connectivity index (χ3v) is 3.75. The largest absolute Gasteiger partial charge is 0.369 e. The molecule has 0 saturated heterocycles. The number of guanidine groups is 1. The van der Waals surface area contributed by atoms with Gasteiger partial charge in [0.15, 0.2) is 5.96 Å². The molecule has 1 heterocycles. The van der Waals surface area contributed by atoms with Gasteiger partial charge in [0.05, 0.1) is 12.6 Å². The van der Waals surface area contributed by atoms with Crippen molar-refractivity contribution in [3.63, 3.8) is 0 Å². The Kier molecular flexibility index (Phi) is 3.25. The third-order valence-electron chi connectivity index (χ3n) is 3.26. The Balaban J connectivity index is 1.99. The van der Waals surface area contributed by atoms with E-state index < -0.39 is 0 Å². The highest BCUT2D eigenvalue weighted by atomic mass is 79.9. The van der Waals surface area contributed by atoms with E-state index in [1.165, 1.54) is 5.56 Å². The van der Waals surface area contributed by atoms with Crippen LogP contribution in [0.5, 0.6) is 0 Å². The van der Waals surface area contributed by atoms with Crippen molar-refractivity contribution in [1.29, 1.82) is 0 Å². The monoisotopic (exact) mass is 315 g/mol. The van der Waals surface area contributed by atoms with Gasteiger partial charge < -0.3 is 10.6 Å². The Labute approximate surface area is 120 Å². The molecule has 0 fully saturated rings. The quantitative estimate of drug-likeness (QED) is 0.923. The first-order valence-electron chi connectivity index (χ1n) is 6.15. The van der Waals surface area contributed by atoms with Gasteiger partial charge in [-0.05, 0) is 23.8 Å². The number of anilines is 1. The molecule has 2 N–H and O–H groups in total. The lowest BCUT2D eigenvalue weighted by Gasteiger charge is -2.26. The normalized spacial score (nSPS) is 18.5. The lowest BCUT2D eigenvalue weighted by atomic mass is 10.1. The van der Waals surface area contributed by atoms with Crippen molar-refractivity contribution in [2.24, 2.45) is 10.7 Å². The number of rotatable bonds is 2. The molecule has 1 unspecified atom stereocenters. The molecule has 0 bridgehead atoms. The number of halogens is 1. The Morgan fingerprint density at radius 1 is 1.11 bits per heavy atom. The maximum absolute atomic E-state index is 6.05. The van der Waals surface area contributed by atoms with Crippen molar-refractivity contribution in [3.05, 3.63) is 64.6 Å². The van der Waals surface area contributed by atoms with Gasteiger partial charge in [-0.1, -0.05) is 52.3 Å². The van der Waals surface area contributed by atoms with Gasteiger partial charge in [0.2, 0.25) is 0 Å². The van der Waals surface area contributed by atoms with Crippen molar-refractivity contribution in [3.8, 4) is 0 Å². The summed E-state index contributed by atoms with van der Waals surface area (Å²) in [5.74, 6) is 0.576. The highest BCUT2D eigenvalue weighted by Crippen LogP contribution is 2.32. The fraction of sp³-hybridized carbons (Fsp3) is 0.133. The lowest BCUT2D eigenvalue weighted by molar-refractivity contribution is 0.768. The summed E-state index contributed by atoms with van der Waals surface area (Å²) in [5.41, 5.74) is 8.34. The maximum Gasteiger partial charge on any atom is 0.196 e. The van der Waals surface area contributed by atoms with E-state index in [9.17, 15) is 0 Å². The van der Waals surface area contributed by atoms with Gasteiger partial charge in [-0.15, -0.1) is 0 Å². The maximum atomic E-state index is 6.05. The summed E-state index contributed by atoms with van der Waals surface area (Å²) >= 11 is 3.50. The fourth-order valence-corrected chi connectivity index (χ4v) is 2.75. The molecule has 4 heteroatoms. The van der Waals surface area contributed by atoms with Crippen molar-refractivity contribution in [2.45, 2.75) is 6.04 Å². The smallest absolute Gasteiger partial charge is 0.196 e. The van der Waals surface area contributed by atoms with Crippen molar-refractivity contribution < 1.29 is 0 Å². The van der Waals surface area contributed by atoms with Gasteiger partial charge in [-0.25, -0.2) is 0 Å². The van der Waals surface area contributed by atoms with Crippen LogP contribution in [0.1, 0.15) is 11.6 Å². The van der Waals surface area contributed by atoms with Gasteiger partial charge in [0, 0.05) is 10.2 Å². The van der Waals surface area contributed by atoms with Crippen LogP contribution >= 0.6 is 15.9 Å². The Morgan fingerprint density at radius 3 is 2.63 bits per heavy atom. The summed E-state index contributed by atoms with van der Waals surface area (Å²) in [6.45, 7) is 0.697. The molecule has 0 aromatic heterocycles. The molecule has 0 amide bonds. The predicted octanol–water partition coefficient (Wildman–Crippen LogP) is 3.33. The van der Waals surface area contributed by atoms with E-state index in [2.05, 4.69) is 50.1 Å². The highest BCUT2D eigenvalue weighted by molar-refractivity contribution is 9.10. The molecule has 3 rings (SSSR count). The van der Waals surface area contributed by atoms with Crippen molar-refractivity contribution >= 4 is 27.6 Å². The molecule has 2 aromatic rings. The van der Waals surface area contributed by atoms with Gasteiger partial charge in [0.1, 0.15) is 0 Å². The minimum atomic E-state index is 0.176. The first-order chi connectivity index (χ1) is 9.25. The highest BCUT2D eigenvalue weighted by Gasteiger charge is 2.28. The van der Waals surface area contributed by atoms with Crippen LogP contribution in [0.25, 0.3) is 0 Å². The zero-order valence-electron chi connectivity index (χ0n) is 10.3. The average molecular weight is 316 g/mol. The third kappa shape index (κ3) is 2.36. The van der Waals surface area contributed by atoms with Crippen LogP contribution < -0.4 is 10.6 Å². The van der Waals surface area contributed by atoms with E-state index in [1.807, 2.05) is 30.3 Å². The van der Waals surface area contributed by atoms with Crippen LogP contribution in [0, 0.1) is 0 Å². The van der Waals surface area contributed by atoms with E-state index in [4.69, 9.17) is 5.73 Å². The number of hydrogen-bond donors (Lipinski definition) is 1.